The lowest BCUT2D eigenvalue weighted by atomic mass is 10.1. The first-order chi connectivity index (χ1) is 11.8. The van der Waals surface area contributed by atoms with Crippen LogP contribution >= 0.6 is 0 Å². The van der Waals surface area contributed by atoms with E-state index in [4.69, 9.17) is 0 Å². The minimum Gasteiger partial charge on any atom is -0.321 e. The van der Waals surface area contributed by atoms with Crippen LogP contribution < -0.4 is 5.32 Å². The van der Waals surface area contributed by atoms with Crippen molar-refractivity contribution in [3.8, 4) is 5.69 Å². The Balaban J connectivity index is 1.81. The van der Waals surface area contributed by atoms with Crippen LogP contribution in [-0.2, 0) is 6.18 Å². The smallest absolute Gasteiger partial charge is 0.321 e. The molecule has 1 heterocycles. The fraction of sp³-hybridized carbons (Fsp3) is 0.118. The summed E-state index contributed by atoms with van der Waals surface area (Å²) in [6, 6.07) is 12.6. The second kappa shape index (κ2) is 6.39. The maximum Gasteiger partial charge on any atom is 0.416 e. The molecule has 1 N–H and O–H groups in total. The molecule has 0 bridgehead atoms. The number of aromatic nitrogens is 3. The molecule has 0 aliphatic heterocycles. The van der Waals surface area contributed by atoms with Crippen LogP contribution in [0.5, 0.6) is 0 Å². The number of aryl methyl sites for hydroxylation is 1. The molecule has 0 spiro atoms. The van der Waals surface area contributed by atoms with Crippen molar-refractivity contribution in [3.63, 3.8) is 0 Å². The largest absolute Gasteiger partial charge is 0.416 e. The van der Waals surface area contributed by atoms with Crippen LogP contribution in [0.25, 0.3) is 5.69 Å². The van der Waals surface area contributed by atoms with Gasteiger partial charge in [0.2, 0.25) is 0 Å². The van der Waals surface area contributed by atoms with E-state index in [2.05, 4.69) is 15.5 Å². The van der Waals surface area contributed by atoms with Gasteiger partial charge in [-0.05, 0) is 36.8 Å². The first kappa shape index (κ1) is 16.7. The highest BCUT2D eigenvalue weighted by Gasteiger charge is 2.32. The van der Waals surface area contributed by atoms with Crippen LogP contribution in [0.15, 0.2) is 54.7 Å². The van der Waals surface area contributed by atoms with Gasteiger partial charge < -0.3 is 5.32 Å². The second-order valence-corrected chi connectivity index (χ2v) is 5.34. The minimum atomic E-state index is -4.48. The van der Waals surface area contributed by atoms with Gasteiger partial charge in [0.25, 0.3) is 5.91 Å². The lowest BCUT2D eigenvalue weighted by Gasteiger charge is -2.12. The molecule has 5 nitrogen and oxygen atoms in total. The molecule has 1 amide bonds. The topological polar surface area (TPSA) is 59.8 Å². The Kier molecular flexibility index (Phi) is 4.26. The molecule has 1 aromatic heterocycles. The van der Waals surface area contributed by atoms with Crippen molar-refractivity contribution in [3.05, 3.63) is 71.5 Å². The van der Waals surface area contributed by atoms with Crippen molar-refractivity contribution in [2.45, 2.75) is 13.1 Å². The number of halogens is 3. The maximum absolute atomic E-state index is 12.9. The summed E-state index contributed by atoms with van der Waals surface area (Å²) >= 11 is 0. The predicted octanol–water partition coefficient (Wildman–Crippen LogP) is 3.85. The summed E-state index contributed by atoms with van der Waals surface area (Å²) < 4.78 is 38.8. The third kappa shape index (κ3) is 3.68. The Hall–Kier alpha value is -3.16. The number of carbonyl (C=O) groups is 1. The molecule has 0 aliphatic carbocycles. The highest BCUT2D eigenvalue weighted by atomic mass is 19.4. The molecule has 0 saturated heterocycles. The number of para-hydroxylation sites is 1. The highest BCUT2D eigenvalue weighted by molar-refractivity contribution is 6.02. The number of hydrogen-bond donors (Lipinski definition) is 1. The summed E-state index contributed by atoms with van der Waals surface area (Å²) in [5.74, 6) is -0.640. The fourth-order valence-electron chi connectivity index (χ4n) is 2.25. The van der Waals surface area contributed by atoms with Crippen molar-refractivity contribution in [2.24, 2.45) is 0 Å². The van der Waals surface area contributed by atoms with Gasteiger partial charge in [-0.15, -0.1) is 5.10 Å². The molecule has 0 aliphatic rings. The third-order valence-corrected chi connectivity index (χ3v) is 3.51. The number of rotatable bonds is 3. The van der Waals surface area contributed by atoms with Crippen LogP contribution in [0.1, 0.15) is 21.6 Å². The summed E-state index contributed by atoms with van der Waals surface area (Å²) in [5, 5.41) is 10.4. The van der Waals surface area contributed by atoms with E-state index < -0.39 is 17.6 Å². The van der Waals surface area contributed by atoms with E-state index >= 15 is 0 Å². The van der Waals surface area contributed by atoms with Crippen molar-refractivity contribution >= 4 is 11.6 Å². The Labute approximate surface area is 141 Å². The van der Waals surface area contributed by atoms with Crippen molar-refractivity contribution in [2.75, 3.05) is 5.32 Å². The van der Waals surface area contributed by atoms with Crippen molar-refractivity contribution < 1.29 is 18.0 Å². The van der Waals surface area contributed by atoms with Crippen LogP contribution in [0.4, 0.5) is 18.9 Å². The molecule has 0 atom stereocenters. The van der Waals surface area contributed by atoms with Gasteiger partial charge in [-0.2, -0.15) is 23.1 Å². The first-order valence-electron chi connectivity index (χ1n) is 7.31. The molecule has 3 rings (SSSR count). The number of anilines is 1. The molecule has 3 aromatic rings. The molecular formula is C17H13F3N4O. The average Bonchev–Trinajstić information content (AvgIpc) is 3.06. The van der Waals surface area contributed by atoms with Gasteiger partial charge in [-0.1, -0.05) is 24.3 Å². The molecule has 8 heteroatoms. The minimum absolute atomic E-state index is 0.00186. The highest BCUT2D eigenvalue weighted by Crippen LogP contribution is 2.33. The molecule has 0 radical (unpaired) electrons. The number of hydrogen-bond acceptors (Lipinski definition) is 3. The zero-order chi connectivity index (χ0) is 18.0. The zero-order valence-corrected chi connectivity index (χ0v) is 13.1. The van der Waals surface area contributed by atoms with Crippen molar-refractivity contribution in [1.29, 1.82) is 0 Å². The van der Waals surface area contributed by atoms with E-state index in [1.54, 1.807) is 24.3 Å². The van der Waals surface area contributed by atoms with Gasteiger partial charge in [-0.25, -0.2) is 0 Å². The standard InChI is InChI=1S/C17H13F3N4O/c1-11-7-8-12(9-14(11)17(18,19)20)22-16(25)15-10-21-24(23-15)13-5-3-2-4-6-13/h2-10H,1H3,(H,22,25). The third-order valence-electron chi connectivity index (χ3n) is 3.51. The lowest BCUT2D eigenvalue weighted by molar-refractivity contribution is -0.138. The van der Waals surface area contributed by atoms with Gasteiger partial charge >= 0.3 is 6.18 Å². The molecule has 2 aromatic carbocycles. The summed E-state index contributed by atoms with van der Waals surface area (Å²) in [7, 11) is 0. The van der Waals surface area contributed by atoms with E-state index in [1.807, 2.05) is 6.07 Å². The van der Waals surface area contributed by atoms with Crippen LogP contribution in [0.2, 0.25) is 0 Å². The Bertz CT molecular complexity index is 904. The number of nitrogens with one attached hydrogen (secondary N) is 1. The van der Waals surface area contributed by atoms with Crippen LogP contribution in [0, 0.1) is 6.92 Å². The average molecular weight is 346 g/mol. The quantitative estimate of drug-likeness (QED) is 0.784. The predicted molar refractivity (Wildman–Crippen MR) is 85.5 cm³/mol. The number of amides is 1. The van der Waals surface area contributed by atoms with Gasteiger partial charge in [0.15, 0.2) is 5.69 Å². The van der Waals surface area contributed by atoms with E-state index in [-0.39, 0.29) is 16.9 Å². The van der Waals surface area contributed by atoms with Crippen LogP contribution in [-0.4, -0.2) is 20.9 Å². The SMILES string of the molecule is Cc1ccc(NC(=O)c2cnn(-c3ccccc3)n2)cc1C(F)(F)F. The Morgan fingerprint density at radius 1 is 1.12 bits per heavy atom. The molecule has 25 heavy (non-hydrogen) atoms. The molecule has 0 saturated carbocycles. The van der Waals surface area contributed by atoms with Gasteiger partial charge in [-0.3, -0.25) is 4.79 Å². The molecule has 128 valence electrons. The number of nitrogens with zero attached hydrogens (tertiary/aromatic N) is 3. The van der Waals surface area contributed by atoms with E-state index in [0.717, 1.165) is 6.07 Å². The van der Waals surface area contributed by atoms with Crippen molar-refractivity contribution in [1.82, 2.24) is 15.0 Å². The molecule has 0 unspecified atom stereocenters. The van der Waals surface area contributed by atoms with Crippen LogP contribution in [0.3, 0.4) is 0 Å². The summed E-state index contributed by atoms with van der Waals surface area (Å²) in [6.07, 6.45) is -3.23. The monoisotopic (exact) mass is 346 g/mol. The fourth-order valence-corrected chi connectivity index (χ4v) is 2.25. The first-order valence-corrected chi connectivity index (χ1v) is 7.31. The van der Waals surface area contributed by atoms with Gasteiger partial charge in [0, 0.05) is 5.69 Å². The molecule has 0 fully saturated rings. The maximum atomic E-state index is 12.9. The van der Waals surface area contributed by atoms with Gasteiger partial charge in [0.1, 0.15) is 0 Å². The lowest BCUT2D eigenvalue weighted by Crippen LogP contribution is -2.15. The number of carbonyl (C=O) groups excluding carboxylic acids is 1. The van der Waals surface area contributed by atoms with E-state index in [1.165, 1.54) is 30.0 Å². The summed E-state index contributed by atoms with van der Waals surface area (Å²) in [5.41, 5.74) is -0.00909. The number of alkyl halides is 3. The Morgan fingerprint density at radius 2 is 1.84 bits per heavy atom. The number of benzene rings is 2. The molecular weight excluding hydrogens is 333 g/mol. The van der Waals surface area contributed by atoms with E-state index in [9.17, 15) is 18.0 Å². The normalized spacial score (nSPS) is 11.4. The Morgan fingerprint density at radius 3 is 2.52 bits per heavy atom. The second-order valence-electron chi connectivity index (χ2n) is 5.34. The zero-order valence-electron chi connectivity index (χ0n) is 13.1. The summed E-state index contributed by atoms with van der Waals surface area (Å²) in [6.45, 7) is 1.36. The van der Waals surface area contributed by atoms with Gasteiger partial charge in [0.05, 0.1) is 17.4 Å². The van der Waals surface area contributed by atoms with E-state index in [0.29, 0.717) is 5.69 Å². The summed E-state index contributed by atoms with van der Waals surface area (Å²) in [4.78, 5) is 13.5.